The average molecular weight is 1050 g/mol. The topological polar surface area (TPSA) is 113 Å². The van der Waals surface area contributed by atoms with E-state index in [1.165, 1.54) is 49.3 Å². The molecule has 0 radical (unpaired) electrons. The molecule has 0 saturated heterocycles. The number of nitrogens with zero attached hydrogens (tertiary/aromatic N) is 5. The maximum absolute atomic E-state index is 11.2. The smallest absolute Gasteiger partial charge is 0.288 e. The van der Waals surface area contributed by atoms with Gasteiger partial charge in [-0.25, -0.2) is 0 Å². The molecule has 9 aromatic rings. The minimum absolute atomic E-state index is 0.0441. The summed E-state index contributed by atoms with van der Waals surface area (Å²) < 4.78 is 15.4. The van der Waals surface area contributed by atoms with Crippen LogP contribution in [0.1, 0.15) is 11.1 Å². The quantitative estimate of drug-likeness (QED) is 0.0143. The van der Waals surface area contributed by atoms with Gasteiger partial charge in [0.2, 0.25) is 0 Å². The molecular weight excluding hydrogens is 1000 g/mol. The van der Waals surface area contributed by atoms with Gasteiger partial charge >= 0.3 is 0 Å². The van der Waals surface area contributed by atoms with Crippen LogP contribution in [0.5, 0.6) is 0 Å². The Hall–Kier alpha value is -8.16. The van der Waals surface area contributed by atoms with Crippen molar-refractivity contribution in [1.29, 1.82) is 5.26 Å². The van der Waals surface area contributed by atoms with E-state index in [0.717, 1.165) is 16.8 Å². The molecule has 12 heteroatoms. The highest BCUT2D eigenvalue weighted by atomic mass is 79.9. The minimum atomic E-state index is -3.00. The fourth-order valence-corrected chi connectivity index (χ4v) is 17.4. The Morgan fingerprint density at radius 1 is 0.548 bits per heavy atom. The molecule has 0 aliphatic rings. The SMILES string of the molecule is N#C/C(=C/c1ccc(N(CCO[Si](c2ccccc2)(c2ccccc2)c2ccccc2)CCO[Si](c2ccccc2)(c2ccccc2)c2ccccc2)cc1)c1ccc(N=Nc2ccc([N+](=O)[O-])cc2Br)cc1. The van der Waals surface area contributed by atoms with Gasteiger partial charge in [0.05, 0.1) is 39.9 Å². The number of nitriles is 1. The Kier molecular flexibility index (Phi) is 16.3. The lowest BCUT2D eigenvalue weighted by Gasteiger charge is -2.36. The zero-order chi connectivity index (χ0) is 50.3. The van der Waals surface area contributed by atoms with Gasteiger partial charge in [-0.1, -0.05) is 206 Å². The maximum atomic E-state index is 11.2. The van der Waals surface area contributed by atoms with Gasteiger partial charge in [-0.15, -0.1) is 5.11 Å². The van der Waals surface area contributed by atoms with E-state index in [1.54, 1.807) is 12.1 Å². The van der Waals surface area contributed by atoms with Crippen LogP contribution in [0.25, 0.3) is 11.6 Å². The normalized spacial score (nSPS) is 11.8. The van der Waals surface area contributed by atoms with E-state index in [4.69, 9.17) is 8.85 Å². The third-order valence-electron chi connectivity index (χ3n) is 12.7. The van der Waals surface area contributed by atoms with Crippen LogP contribution in [0.4, 0.5) is 22.7 Å². The predicted molar refractivity (Wildman–Crippen MR) is 303 cm³/mol. The van der Waals surface area contributed by atoms with Gasteiger partial charge in [-0.3, -0.25) is 10.1 Å². The molecule has 0 N–H and O–H groups in total. The molecule has 0 aliphatic heterocycles. The number of azo groups is 1. The van der Waals surface area contributed by atoms with Gasteiger partial charge in [0.15, 0.2) is 0 Å². The molecule has 9 rings (SSSR count). The van der Waals surface area contributed by atoms with E-state index in [-0.39, 0.29) is 5.69 Å². The number of halogens is 1. The lowest BCUT2D eigenvalue weighted by Crippen LogP contribution is -2.70. The Morgan fingerprint density at radius 2 is 0.945 bits per heavy atom. The largest absolute Gasteiger partial charge is 0.402 e. The average Bonchev–Trinajstić information content (AvgIpc) is 3.45. The van der Waals surface area contributed by atoms with Crippen molar-refractivity contribution in [3.05, 3.63) is 274 Å². The van der Waals surface area contributed by atoms with Crippen LogP contribution in [-0.2, 0) is 8.85 Å². The van der Waals surface area contributed by atoms with Crippen LogP contribution < -0.4 is 36.0 Å². The van der Waals surface area contributed by atoms with E-state index in [9.17, 15) is 15.4 Å². The Balaban J connectivity index is 1.02. The predicted octanol–water partition coefficient (Wildman–Crippen LogP) is 11.0. The van der Waals surface area contributed by atoms with Crippen molar-refractivity contribution in [1.82, 2.24) is 0 Å². The lowest BCUT2D eigenvalue weighted by atomic mass is 10.0. The number of allylic oxidation sites excluding steroid dienone is 1. The van der Waals surface area contributed by atoms with Gasteiger partial charge in [0.1, 0.15) is 5.69 Å². The zero-order valence-corrected chi connectivity index (χ0v) is 43.4. The van der Waals surface area contributed by atoms with E-state index in [1.807, 2.05) is 30.3 Å². The molecule has 73 heavy (non-hydrogen) atoms. The molecule has 0 aliphatic carbocycles. The number of benzene rings is 9. The van der Waals surface area contributed by atoms with E-state index >= 15 is 0 Å². The summed E-state index contributed by atoms with van der Waals surface area (Å²) >= 11 is 3.34. The molecule has 0 fully saturated rings. The standard InChI is InChI=1S/C61H50BrN5O4Si2/c62-60-46-53(67(68)69)39-40-61(60)65-64-51-35-33-49(34-36-51)50(47-63)45-48-31-37-52(38-32-48)66(41-43-70-72(54-19-7-1-8-20-54,55-21-9-2-10-22-55)56-23-11-3-12-24-56)42-44-71-73(57-25-13-4-14-26-57,58-27-15-5-16-28-58)59-29-17-6-18-30-59/h1-40,45-46H,41-44H2/b50-45-,65-64?. The van der Waals surface area contributed by atoms with Crippen molar-refractivity contribution in [2.75, 3.05) is 31.2 Å². The summed E-state index contributed by atoms with van der Waals surface area (Å²) in [5, 5.41) is 37.1. The van der Waals surface area contributed by atoms with Gasteiger partial charge in [0, 0.05) is 30.9 Å². The molecule has 9 nitrogen and oxygen atoms in total. The number of hydrogen-bond acceptors (Lipinski definition) is 8. The zero-order valence-electron chi connectivity index (χ0n) is 39.8. The minimum Gasteiger partial charge on any atom is -0.402 e. The van der Waals surface area contributed by atoms with Crippen molar-refractivity contribution < 1.29 is 13.8 Å². The van der Waals surface area contributed by atoms with E-state index < -0.39 is 21.6 Å². The molecule has 0 heterocycles. The van der Waals surface area contributed by atoms with Crippen molar-refractivity contribution in [2.24, 2.45) is 10.2 Å². The van der Waals surface area contributed by atoms with Gasteiger partial charge in [-0.2, -0.15) is 10.4 Å². The van der Waals surface area contributed by atoms with Crippen LogP contribution in [0.3, 0.4) is 0 Å². The van der Waals surface area contributed by atoms with E-state index in [0.29, 0.717) is 47.7 Å². The fourth-order valence-electron chi connectivity index (χ4n) is 9.16. The third-order valence-corrected chi connectivity index (χ3v) is 21.5. The third kappa shape index (κ3) is 11.5. The molecule has 0 atom stereocenters. The number of nitro benzene ring substituents is 1. The lowest BCUT2D eigenvalue weighted by molar-refractivity contribution is -0.384. The van der Waals surface area contributed by atoms with Crippen molar-refractivity contribution in [2.45, 2.75) is 0 Å². The molecule has 0 unspecified atom stereocenters. The number of non-ortho nitro benzene ring substituents is 1. The van der Waals surface area contributed by atoms with Gasteiger partial charge in [0.25, 0.3) is 22.3 Å². The molecule has 358 valence electrons. The second kappa shape index (κ2) is 23.8. The first kappa shape index (κ1) is 49.8. The van der Waals surface area contributed by atoms with Crippen LogP contribution in [0.2, 0.25) is 0 Å². The van der Waals surface area contributed by atoms with Crippen LogP contribution in [0, 0.1) is 21.4 Å². The summed E-state index contributed by atoms with van der Waals surface area (Å²) in [5.74, 6) is 0. The second-order valence-corrected chi connectivity index (χ2v) is 24.8. The number of anilines is 1. The van der Waals surface area contributed by atoms with Crippen LogP contribution in [0.15, 0.2) is 263 Å². The molecule has 0 saturated carbocycles. The first-order chi connectivity index (χ1) is 35.9. The molecule has 0 amide bonds. The monoisotopic (exact) mass is 1050 g/mol. The van der Waals surface area contributed by atoms with E-state index in [2.05, 4.69) is 231 Å². The van der Waals surface area contributed by atoms with Gasteiger partial charge < -0.3 is 13.8 Å². The number of rotatable bonds is 20. The second-order valence-electron chi connectivity index (χ2n) is 17.1. The molecular formula is C61H50BrN5O4Si2. The summed E-state index contributed by atoms with van der Waals surface area (Å²) in [6, 6.07) is 86.1. The van der Waals surface area contributed by atoms with Crippen molar-refractivity contribution >= 4 is 98.1 Å². The first-order valence-corrected chi connectivity index (χ1v) is 28.5. The highest BCUT2D eigenvalue weighted by Gasteiger charge is 2.43. The van der Waals surface area contributed by atoms with Gasteiger partial charge in [-0.05, 0) is 94.6 Å². The maximum Gasteiger partial charge on any atom is 0.288 e. The summed E-state index contributed by atoms with van der Waals surface area (Å²) in [5.41, 5.74) is 4.05. The highest BCUT2D eigenvalue weighted by Crippen LogP contribution is 2.31. The molecule has 9 aromatic carbocycles. The highest BCUT2D eigenvalue weighted by molar-refractivity contribution is 9.10. The molecule has 0 bridgehead atoms. The Bertz CT molecular complexity index is 3010. The number of nitro groups is 1. The van der Waals surface area contributed by atoms with Crippen LogP contribution in [-0.4, -0.2) is 47.9 Å². The summed E-state index contributed by atoms with van der Waals surface area (Å²) in [6.07, 6.45) is 1.88. The summed E-state index contributed by atoms with van der Waals surface area (Å²) in [4.78, 5) is 13.0. The first-order valence-electron chi connectivity index (χ1n) is 23.9. The van der Waals surface area contributed by atoms with Crippen molar-refractivity contribution in [3.8, 4) is 6.07 Å². The summed E-state index contributed by atoms with van der Waals surface area (Å²) in [6.45, 7) is 2.02. The van der Waals surface area contributed by atoms with Crippen LogP contribution >= 0.6 is 15.9 Å². The Morgan fingerprint density at radius 3 is 1.30 bits per heavy atom. The molecule has 0 spiro atoms. The Labute approximate surface area is 436 Å². The van der Waals surface area contributed by atoms with Crippen molar-refractivity contribution in [3.63, 3.8) is 0 Å². The summed E-state index contributed by atoms with van der Waals surface area (Å²) in [7, 11) is -6.01. The molecule has 0 aromatic heterocycles. The fraction of sp³-hybridized carbons (Fsp3) is 0.0656. The number of hydrogen-bond donors (Lipinski definition) is 0.